The van der Waals surface area contributed by atoms with E-state index in [-0.39, 0.29) is 0 Å². The number of nitrogens with zero attached hydrogens (tertiary/aromatic N) is 5. The minimum Gasteiger partial charge on any atom is -0.399 e. The molecule has 0 spiro atoms. The summed E-state index contributed by atoms with van der Waals surface area (Å²) in [6.07, 6.45) is 3.16. The molecule has 0 aliphatic heterocycles. The lowest BCUT2D eigenvalue weighted by molar-refractivity contribution is 0.878. The summed E-state index contributed by atoms with van der Waals surface area (Å²) in [5, 5.41) is 13.2. The number of hydrogen-bond donors (Lipinski definition) is 1. The fourth-order valence-corrected chi connectivity index (χ4v) is 1.82. The van der Waals surface area contributed by atoms with Crippen molar-refractivity contribution in [2.45, 2.75) is 0 Å². The summed E-state index contributed by atoms with van der Waals surface area (Å²) in [6, 6.07) is 12.8. The van der Waals surface area contributed by atoms with Gasteiger partial charge in [-0.3, -0.25) is 0 Å². The molecule has 2 N–H and O–H groups in total. The number of pyridine rings is 1. The molecule has 0 radical (unpaired) electrons. The lowest BCUT2D eigenvalue weighted by Gasteiger charge is -2.00. The second-order valence-corrected chi connectivity index (χ2v) is 4.15. The zero-order valence-electron chi connectivity index (χ0n) is 10.4. The van der Waals surface area contributed by atoms with Crippen LogP contribution in [0, 0.1) is 11.3 Å². The van der Waals surface area contributed by atoms with Crippen molar-refractivity contribution in [2.24, 2.45) is 0 Å². The first-order chi connectivity index (χ1) is 9.76. The predicted octanol–water partition coefficient (Wildman–Crippen LogP) is 1.78. The Kier molecular flexibility index (Phi) is 2.86. The van der Waals surface area contributed by atoms with Gasteiger partial charge in [0, 0.05) is 23.5 Å². The smallest absolute Gasteiger partial charge is 0.181 e. The summed E-state index contributed by atoms with van der Waals surface area (Å²) in [7, 11) is 0. The Bertz CT molecular complexity index is 799. The summed E-state index contributed by atoms with van der Waals surface area (Å²) >= 11 is 0. The maximum atomic E-state index is 8.85. The van der Waals surface area contributed by atoms with E-state index in [0.717, 1.165) is 11.3 Å². The molecule has 0 saturated heterocycles. The highest BCUT2D eigenvalue weighted by atomic mass is 15.3. The SMILES string of the molecule is N#Cc1cc(-n2cnc(-c3cccc(N)c3)n2)ccn1. The van der Waals surface area contributed by atoms with Crippen LogP contribution in [-0.2, 0) is 0 Å². The molecule has 0 atom stereocenters. The van der Waals surface area contributed by atoms with Gasteiger partial charge in [0.15, 0.2) is 5.82 Å². The van der Waals surface area contributed by atoms with Crippen LogP contribution in [0.1, 0.15) is 5.69 Å². The molecule has 0 saturated carbocycles. The number of nitrogen functional groups attached to an aromatic ring is 1. The van der Waals surface area contributed by atoms with Crippen molar-refractivity contribution >= 4 is 5.69 Å². The topological polar surface area (TPSA) is 93.4 Å². The Morgan fingerprint density at radius 2 is 2.05 bits per heavy atom. The minimum absolute atomic E-state index is 0.337. The molecule has 0 aliphatic carbocycles. The first-order valence-electron chi connectivity index (χ1n) is 5.90. The fraction of sp³-hybridized carbons (Fsp3) is 0. The standard InChI is InChI=1S/C14H10N6/c15-8-12-7-13(4-5-17-12)20-9-18-14(19-20)10-2-1-3-11(16)6-10/h1-7,9H,16H2. The van der Waals surface area contributed by atoms with Crippen molar-refractivity contribution in [1.29, 1.82) is 5.26 Å². The van der Waals surface area contributed by atoms with E-state index in [9.17, 15) is 0 Å². The van der Waals surface area contributed by atoms with Gasteiger partial charge in [-0.05, 0) is 18.2 Å². The third kappa shape index (κ3) is 2.20. The van der Waals surface area contributed by atoms with Gasteiger partial charge in [0.2, 0.25) is 0 Å². The maximum Gasteiger partial charge on any atom is 0.181 e. The molecule has 2 aromatic heterocycles. The fourth-order valence-electron chi connectivity index (χ4n) is 1.82. The highest BCUT2D eigenvalue weighted by Gasteiger charge is 2.06. The normalized spacial score (nSPS) is 10.2. The summed E-state index contributed by atoms with van der Waals surface area (Å²) in [4.78, 5) is 8.17. The first-order valence-corrected chi connectivity index (χ1v) is 5.90. The second kappa shape index (κ2) is 4.82. The Hall–Kier alpha value is -3.20. The molecule has 0 unspecified atom stereocenters. The second-order valence-electron chi connectivity index (χ2n) is 4.15. The Labute approximate surface area is 115 Å². The zero-order valence-corrected chi connectivity index (χ0v) is 10.4. The molecule has 6 heteroatoms. The number of anilines is 1. The van der Waals surface area contributed by atoms with Crippen LogP contribution in [0.2, 0.25) is 0 Å². The van der Waals surface area contributed by atoms with Crippen LogP contribution in [0.3, 0.4) is 0 Å². The van der Waals surface area contributed by atoms with Gasteiger partial charge >= 0.3 is 0 Å². The lowest BCUT2D eigenvalue weighted by atomic mass is 10.2. The summed E-state index contributed by atoms with van der Waals surface area (Å²) in [5.74, 6) is 0.576. The molecule has 0 bridgehead atoms. The molecule has 0 fully saturated rings. The van der Waals surface area contributed by atoms with Crippen LogP contribution in [0.5, 0.6) is 0 Å². The predicted molar refractivity (Wildman–Crippen MR) is 73.7 cm³/mol. The highest BCUT2D eigenvalue weighted by Crippen LogP contribution is 2.18. The largest absolute Gasteiger partial charge is 0.399 e. The number of nitriles is 1. The molecule has 0 amide bonds. The first kappa shape index (κ1) is 11.9. The van der Waals surface area contributed by atoms with Crippen LogP contribution in [-0.4, -0.2) is 19.7 Å². The summed E-state index contributed by atoms with van der Waals surface area (Å²) < 4.78 is 1.60. The number of hydrogen-bond acceptors (Lipinski definition) is 5. The van der Waals surface area contributed by atoms with E-state index in [4.69, 9.17) is 11.0 Å². The van der Waals surface area contributed by atoms with Gasteiger partial charge in [0.1, 0.15) is 18.1 Å². The lowest BCUT2D eigenvalue weighted by Crippen LogP contribution is -1.96. The van der Waals surface area contributed by atoms with Gasteiger partial charge in [-0.15, -0.1) is 5.10 Å². The van der Waals surface area contributed by atoms with Gasteiger partial charge in [-0.2, -0.15) is 5.26 Å². The molecule has 3 aromatic rings. The molecule has 3 rings (SSSR count). The van der Waals surface area contributed by atoms with Gasteiger partial charge in [0.25, 0.3) is 0 Å². The number of nitrogens with two attached hydrogens (primary N) is 1. The van der Waals surface area contributed by atoms with E-state index in [1.54, 1.807) is 29.3 Å². The van der Waals surface area contributed by atoms with Crippen molar-refractivity contribution in [3.05, 3.63) is 54.6 Å². The monoisotopic (exact) mass is 262 g/mol. The van der Waals surface area contributed by atoms with Crippen LogP contribution in [0.25, 0.3) is 17.1 Å². The van der Waals surface area contributed by atoms with Gasteiger partial charge < -0.3 is 5.73 Å². The van der Waals surface area contributed by atoms with E-state index in [1.807, 2.05) is 30.3 Å². The molecule has 2 heterocycles. The number of rotatable bonds is 2. The van der Waals surface area contributed by atoms with Crippen molar-refractivity contribution in [2.75, 3.05) is 5.73 Å². The Morgan fingerprint density at radius 3 is 2.85 bits per heavy atom. The van der Waals surface area contributed by atoms with Crippen molar-refractivity contribution in [3.63, 3.8) is 0 Å². The Balaban J connectivity index is 2.00. The van der Waals surface area contributed by atoms with Crippen molar-refractivity contribution in [3.8, 4) is 23.1 Å². The van der Waals surface area contributed by atoms with Gasteiger partial charge in [-0.1, -0.05) is 12.1 Å². The van der Waals surface area contributed by atoms with Crippen molar-refractivity contribution < 1.29 is 0 Å². The van der Waals surface area contributed by atoms with Gasteiger partial charge in [0.05, 0.1) is 5.69 Å². The van der Waals surface area contributed by atoms with Crippen LogP contribution in [0.4, 0.5) is 5.69 Å². The molecule has 6 nitrogen and oxygen atoms in total. The number of aromatic nitrogens is 4. The van der Waals surface area contributed by atoms with E-state index in [1.165, 1.54) is 0 Å². The third-order valence-electron chi connectivity index (χ3n) is 2.76. The van der Waals surface area contributed by atoms with Crippen LogP contribution >= 0.6 is 0 Å². The quantitative estimate of drug-likeness (QED) is 0.710. The van der Waals surface area contributed by atoms with E-state index >= 15 is 0 Å². The summed E-state index contributed by atoms with van der Waals surface area (Å²) in [5.41, 5.74) is 8.32. The molecule has 96 valence electrons. The summed E-state index contributed by atoms with van der Waals surface area (Å²) in [6.45, 7) is 0. The zero-order chi connectivity index (χ0) is 13.9. The Morgan fingerprint density at radius 1 is 1.15 bits per heavy atom. The average Bonchev–Trinajstić information content (AvgIpc) is 2.97. The van der Waals surface area contributed by atoms with Crippen molar-refractivity contribution in [1.82, 2.24) is 19.7 Å². The van der Waals surface area contributed by atoms with E-state index in [2.05, 4.69) is 15.1 Å². The average molecular weight is 262 g/mol. The molecule has 1 aromatic carbocycles. The number of benzene rings is 1. The third-order valence-corrected chi connectivity index (χ3v) is 2.76. The molecular formula is C14H10N6. The van der Waals surface area contributed by atoms with E-state index in [0.29, 0.717) is 17.2 Å². The highest BCUT2D eigenvalue weighted by molar-refractivity contribution is 5.60. The maximum absolute atomic E-state index is 8.85. The van der Waals surface area contributed by atoms with Crippen LogP contribution < -0.4 is 5.73 Å². The molecular weight excluding hydrogens is 252 g/mol. The molecule has 20 heavy (non-hydrogen) atoms. The minimum atomic E-state index is 0.337. The molecule has 0 aliphatic rings. The van der Waals surface area contributed by atoms with Crippen LogP contribution in [0.15, 0.2) is 48.9 Å². The van der Waals surface area contributed by atoms with E-state index < -0.39 is 0 Å². The van der Waals surface area contributed by atoms with Gasteiger partial charge in [-0.25, -0.2) is 14.6 Å².